The number of carboxylic acid groups (broad SMARTS) is 2. The molecule has 0 aliphatic heterocycles. The van der Waals surface area contributed by atoms with Crippen molar-refractivity contribution in [3.05, 3.63) is 29.2 Å². The minimum Gasteiger partial charge on any atom is -0.480 e. The van der Waals surface area contributed by atoms with Crippen molar-refractivity contribution in [2.24, 2.45) is 0 Å². The summed E-state index contributed by atoms with van der Waals surface area (Å²) in [6.45, 7) is 0. The summed E-state index contributed by atoms with van der Waals surface area (Å²) in [6.07, 6.45) is 1.38. The molecular weight excluding hydrogens is 250 g/mol. The largest absolute Gasteiger partial charge is 0.480 e. The molecule has 0 spiro atoms. The third kappa shape index (κ3) is 1.92. The third-order valence-corrected chi connectivity index (χ3v) is 2.34. The lowest BCUT2D eigenvalue weighted by molar-refractivity contribution is -0.150. The number of nitrogens with zero attached hydrogens (tertiary/aromatic N) is 3. The van der Waals surface area contributed by atoms with Crippen LogP contribution in [0.2, 0.25) is 5.15 Å². The van der Waals surface area contributed by atoms with Crippen LogP contribution >= 0.6 is 11.6 Å². The van der Waals surface area contributed by atoms with Crippen LogP contribution in [0.4, 0.5) is 0 Å². The standard InChI is InChI=1S/C9H6ClN3O4/c10-5-3-4(7(8(14)15)9(16)17)13-6(12-5)1-2-11-13/h1-3,7H,(H,14,15)(H,16,17). The summed E-state index contributed by atoms with van der Waals surface area (Å²) >= 11 is 5.70. The van der Waals surface area contributed by atoms with Gasteiger partial charge in [-0.15, -0.1) is 0 Å². The second kappa shape index (κ2) is 4.02. The molecular formula is C9H6ClN3O4. The summed E-state index contributed by atoms with van der Waals surface area (Å²) in [4.78, 5) is 25.7. The zero-order chi connectivity index (χ0) is 12.6. The predicted molar refractivity (Wildman–Crippen MR) is 56.0 cm³/mol. The summed E-state index contributed by atoms with van der Waals surface area (Å²) < 4.78 is 1.14. The van der Waals surface area contributed by atoms with Gasteiger partial charge in [-0.05, 0) is 6.07 Å². The Morgan fingerprint density at radius 2 is 2.00 bits per heavy atom. The van der Waals surface area contributed by atoms with Crippen LogP contribution in [0.5, 0.6) is 0 Å². The highest BCUT2D eigenvalue weighted by atomic mass is 35.5. The third-order valence-electron chi connectivity index (χ3n) is 2.15. The van der Waals surface area contributed by atoms with Gasteiger partial charge in [0, 0.05) is 6.07 Å². The summed E-state index contributed by atoms with van der Waals surface area (Å²) in [5.41, 5.74) is 0.241. The van der Waals surface area contributed by atoms with E-state index in [1.165, 1.54) is 18.3 Å². The molecule has 2 N–H and O–H groups in total. The van der Waals surface area contributed by atoms with E-state index in [1.54, 1.807) is 0 Å². The van der Waals surface area contributed by atoms with Crippen LogP contribution in [0.25, 0.3) is 5.65 Å². The van der Waals surface area contributed by atoms with Gasteiger partial charge in [-0.3, -0.25) is 9.59 Å². The van der Waals surface area contributed by atoms with E-state index in [-0.39, 0.29) is 10.8 Å². The van der Waals surface area contributed by atoms with Gasteiger partial charge in [0.15, 0.2) is 11.6 Å². The van der Waals surface area contributed by atoms with Gasteiger partial charge in [-0.25, -0.2) is 9.50 Å². The van der Waals surface area contributed by atoms with Gasteiger partial charge in [-0.1, -0.05) is 11.6 Å². The van der Waals surface area contributed by atoms with Gasteiger partial charge in [-0.2, -0.15) is 5.10 Å². The van der Waals surface area contributed by atoms with E-state index >= 15 is 0 Å². The fourth-order valence-corrected chi connectivity index (χ4v) is 1.67. The Balaban J connectivity index is 2.71. The van der Waals surface area contributed by atoms with E-state index in [0.717, 1.165) is 4.52 Å². The molecule has 0 aliphatic carbocycles. The van der Waals surface area contributed by atoms with Gasteiger partial charge in [0.1, 0.15) is 5.15 Å². The van der Waals surface area contributed by atoms with E-state index < -0.39 is 17.9 Å². The molecule has 17 heavy (non-hydrogen) atoms. The molecule has 0 radical (unpaired) electrons. The normalized spacial score (nSPS) is 10.9. The molecule has 2 aromatic heterocycles. The second-order valence-corrected chi connectivity index (χ2v) is 3.60. The Bertz CT molecular complexity index is 595. The molecule has 2 rings (SSSR count). The van der Waals surface area contributed by atoms with Crippen molar-refractivity contribution in [1.82, 2.24) is 14.6 Å². The average molecular weight is 256 g/mol. The smallest absolute Gasteiger partial charge is 0.324 e. The lowest BCUT2D eigenvalue weighted by Crippen LogP contribution is -2.24. The maximum Gasteiger partial charge on any atom is 0.324 e. The first-order valence-electron chi connectivity index (χ1n) is 4.46. The van der Waals surface area contributed by atoms with Gasteiger partial charge >= 0.3 is 11.9 Å². The van der Waals surface area contributed by atoms with Crippen molar-refractivity contribution in [3.8, 4) is 0 Å². The predicted octanol–water partition coefficient (Wildman–Crippen LogP) is 0.635. The van der Waals surface area contributed by atoms with Crippen molar-refractivity contribution >= 4 is 29.2 Å². The van der Waals surface area contributed by atoms with Crippen LogP contribution < -0.4 is 0 Å². The quantitative estimate of drug-likeness (QED) is 0.616. The van der Waals surface area contributed by atoms with E-state index in [4.69, 9.17) is 21.8 Å². The Hall–Kier alpha value is -2.15. The van der Waals surface area contributed by atoms with Crippen molar-refractivity contribution in [2.45, 2.75) is 5.92 Å². The number of carboxylic acids is 2. The van der Waals surface area contributed by atoms with Gasteiger partial charge in [0.2, 0.25) is 0 Å². The maximum absolute atomic E-state index is 10.9. The molecule has 8 heteroatoms. The van der Waals surface area contributed by atoms with Gasteiger partial charge in [0.05, 0.1) is 11.9 Å². The van der Waals surface area contributed by atoms with Crippen molar-refractivity contribution in [2.75, 3.05) is 0 Å². The van der Waals surface area contributed by atoms with Crippen molar-refractivity contribution in [3.63, 3.8) is 0 Å². The highest BCUT2D eigenvalue weighted by Crippen LogP contribution is 2.20. The van der Waals surface area contributed by atoms with Crippen LogP contribution in [0.1, 0.15) is 11.6 Å². The number of aliphatic carboxylic acids is 2. The fourth-order valence-electron chi connectivity index (χ4n) is 1.47. The van der Waals surface area contributed by atoms with Crippen molar-refractivity contribution < 1.29 is 19.8 Å². The lowest BCUT2D eigenvalue weighted by atomic mass is 10.1. The Morgan fingerprint density at radius 1 is 1.35 bits per heavy atom. The highest BCUT2D eigenvalue weighted by molar-refractivity contribution is 6.29. The van der Waals surface area contributed by atoms with Crippen LogP contribution in [0.15, 0.2) is 18.3 Å². The number of halogens is 1. The van der Waals surface area contributed by atoms with E-state index in [0.29, 0.717) is 5.65 Å². The van der Waals surface area contributed by atoms with Gasteiger partial charge < -0.3 is 10.2 Å². The highest BCUT2D eigenvalue weighted by Gasteiger charge is 2.31. The molecule has 0 amide bonds. The number of hydrogen-bond donors (Lipinski definition) is 2. The molecule has 0 bridgehead atoms. The number of carbonyl (C=O) groups is 2. The van der Waals surface area contributed by atoms with Crippen molar-refractivity contribution in [1.29, 1.82) is 0 Å². The lowest BCUT2D eigenvalue weighted by Gasteiger charge is -2.09. The van der Waals surface area contributed by atoms with Crippen LogP contribution in [-0.2, 0) is 9.59 Å². The fraction of sp³-hybridized carbons (Fsp3) is 0.111. The Kier molecular flexibility index (Phi) is 2.68. The monoisotopic (exact) mass is 255 g/mol. The summed E-state index contributed by atoms with van der Waals surface area (Å²) in [5.74, 6) is -4.72. The molecule has 0 fully saturated rings. The van der Waals surface area contributed by atoms with Crippen LogP contribution in [0, 0.1) is 0 Å². The molecule has 0 unspecified atom stereocenters. The Morgan fingerprint density at radius 3 is 2.59 bits per heavy atom. The molecule has 88 valence electrons. The van der Waals surface area contributed by atoms with Crippen LogP contribution in [-0.4, -0.2) is 36.7 Å². The maximum atomic E-state index is 10.9. The first-order valence-corrected chi connectivity index (χ1v) is 4.84. The van der Waals surface area contributed by atoms with E-state index in [9.17, 15) is 9.59 Å². The molecule has 7 nitrogen and oxygen atoms in total. The molecule has 0 atom stereocenters. The minimum atomic E-state index is -1.74. The first-order chi connectivity index (χ1) is 8.00. The number of fused-ring (bicyclic) bond motifs is 1. The Labute approximate surface area is 99.3 Å². The SMILES string of the molecule is O=C(O)C(C(=O)O)c1cc(Cl)nc2ccnn12. The summed E-state index contributed by atoms with van der Waals surface area (Å²) in [6, 6.07) is 2.67. The number of rotatable bonds is 3. The molecule has 0 aliphatic rings. The molecule has 2 aromatic rings. The molecule has 2 heterocycles. The number of aromatic nitrogens is 3. The average Bonchev–Trinajstić information content (AvgIpc) is 2.63. The molecule has 0 saturated heterocycles. The topological polar surface area (TPSA) is 105 Å². The summed E-state index contributed by atoms with van der Waals surface area (Å²) in [7, 11) is 0. The minimum absolute atomic E-state index is 0.0144. The zero-order valence-electron chi connectivity index (χ0n) is 8.24. The second-order valence-electron chi connectivity index (χ2n) is 3.21. The van der Waals surface area contributed by atoms with Gasteiger partial charge in [0.25, 0.3) is 0 Å². The zero-order valence-corrected chi connectivity index (χ0v) is 9.00. The first kappa shape index (κ1) is 11.3. The molecule has 0 saturated carbocycles. The molecule has 0 aromatic carbocycles. The van der Waals surface area contributed by atoms with E-state index in [2.05, 4.69) is 10.1 Å². The number of hydrogen-bond acceptors (Lipinski definition) is 4. The van der Waals surface area contributed by atoms with Crippen LogP contribution in [0.3, 0.4) is 0 Å². The summed E-state index contributed by atoms with van der Waals surface area (Å²) in [5, 5.41) is 21.6. The van der Waals surface area contributed by atoms with E-state index in [1.807, 2.05) is 0 Å².